The minimum absolute atomic E-state index is 0.00127. The van der Waals surface area contributed by atoms with E-state index in [0.717, 1.165) is 57.4 Å². The van der Waals surface area contributed by atoms with Gasteiger partial charge in [-0.15, -0.1) is 0 Å². The summed E-state index contributed by atoms with van der Waals surface area (Å²) in [4.78, 5) is 0. The van der Waals surface area contributed by atoms with Gasteiger partial charge in [-0.1, -0.05) is 38.5 Å². The van der Waals surface area contributed by atoms with Crippen LogP contribution in [0.4, 0.5) is 0 Å². The molecule has 0 amide bonds. The second-order valence-corrected chi connectivity index (χ2v) is 12.3. The van der Waals surface area contributed by atoms with Crippen LogP contribution >= 0.6 is 0 Å². The summed E-state index contributed by atoms with van der Waals surface area (Å²) in [6.45, 7) is 5.40. The van der Waals surface area contributed by atoms with Crippen molar-refractivity contribution in [3.05, 3.63) is 0 Å². The lowest BCUT2D eigenvalue weighted by Crippen LogP contribution is -2.49. The highest BCUT2D eigenvalue weighted by Gasteiger charge is 2.44. The van der Waals surface area contributed by atoms with E-state index >= 15 is 0 Å². The highest BCUT2D eigenvalue weighted by Crippen LogP contribution is 2.35. The van der Waals surface area contributed by atoms with Gasteiger partial charge in [-0.25, -0.2) is 0 Å². The number of hydrogen-bond donors (Lipinski definition) is 1. The molecule has 176 valence electrons. The van der Waals surface area contributed by atoms with Crippen LogP contribution in [-0.4, -0.2) is 51.5 Å². The molecule has 0 radical (unpaired) electrons. The Bertz CT molecular complexity index is 459. The Kier molecular flexibility index (Phi) is 10.6. The molecule has 5 nitrogen and oxygen atoms in total. The third-order valence-corrected chi connectivity index (χ3v) is 10.3. The van der Waals surface area contributed by atoms with E-state index < -0.39 is 8.80 Å². The lowest BCUT2D eigenvalue weighted by molar-refractivity contribution is -0.113. The lowest BCUT2D eigenvalue weighted by atomic mass is 9.83. The predicted octanol–water partition coefficient (Wildman–Crippen LogP) is 5.62. The average molecular weight is 443 g/mol. The van der Waals surface area contributed by atoms with Gasteiger partial charge in [-0.2, -0.15) is 0 Å². The summed E-state index contributed by atoms with van der Waals surface area (Å²) in [6, 6.07) is 0.891. The van der Waals surface area contributed by atoms with Crippen LogP contribution in [0.1, 0.15) is 104 Å². The first-order valence-corrected chi connectivity index (χ1v) is 14.9. The number of hydrogen-bond acceptors (Lipinski definition) is 5. The number of rotatable bonds is 11. The minimum atomic E-state index is -2.65. The monoisotopic (exact) mass is 442 g/mol. The Morgan fingerprint density at radius 3 is 1.97 bits per heavy atom. The Labute approximate surface area is 185 Å². The van der Waals surface area contributed by atoms with Gasteiger partial charge in [-0.3, -0.25) is 0 Å². The van der Waals surface area contributed by atoms with Crippen molar-refractivity contribution in [1.29, 1.82) is 0 Å². The molecule has 0 aromatic heterocycles. The van der Waals surface area contributed by atoms with Crippen molar-refractivity contribution in [1.82, 2.24) is 0 Å². The van der Waals surface area contributed by atoms with Crippen molar-refractivity contribution < 1.29 is 23.1 Å². The maximum absolute atomic E-state index is 10.5. The molecular formula is C24H46O5Si. The fraction of sp³-hybridized carbons (Fsp3) is 1.00. The van der Waals surface area contributed by atoms with Crippen LogP contribution in [0.25, 0.3) is 0 Å². The van der Waals surface area contributed by atoms with Gasteiger partial charge in [0.1, 0.15) is 0 Å². The first kappa shape index (κ1) is 24.7. The van der Waals surface area contributed by atoms with Crippen LogP contribution < -0.4 is 0 Å². The van der Waals surface area contributed by atoms with E-state index in [2.05, 4.69) is 13.8 Å². The van der Waals surface area contributed by atoms with E-state index in [1.54, 1.807) is 0 Å². The number of aliphatic hydroxyl groups is 1. The molecule has 0 aromatic rings. The van der Waals surface area contributed by atoms with Gasteiger partial charge in [0.15, 0.2) is 0 Å². The largest absolute Gasteiger partial charge is 0.501 e. The van der Waals surface area contributed by atoms with Gasteiger partial charge < -0.3 is 23.1 Å². The van der Waals surface area contributed by atoms with Crippen molar-refractivity contribution in [3.63, 3.8) is 0 Å². The van der Waals surface area contributed by atoms with Crippen LogP contribution in [0.15, 0.2) is 0 Å². The first-order chi connectivity index (χ1) is 14.6. The molecule has 3 fully saturated rings. The van der Waals surface area contributed by atoms with Crippen molar-refractivity contribution >= 4 is 8.80 Å². The summed E-state index contributed by atoms with van der Waals surface area (Å²) in [6.07, 6.45) is 16.6. The zero-order valence-corrected chi connectivity index (χ0v) is 20.5. The van der Waals surface area contributed by atoms with E-state index in [1.165, 1.54) is 38.5 Å². The van der Waals surface area contributed by atoms with Gasteiger partial charge in [0.05, 0.1) is 18.3 Å². The van der Waals surface area contributed by atoms with E-state index in [9.17, 15) is 5.11 Å². The molecule has 30 heavy (non-hydrogen) atoms. The van der Waals surface area contributed by atoms with Gasteiger partial charge in [0.2, 0.25) is 0 Å². The van der Waals surface area contributed by atoms with E-state index in [1.807, 2.05) is 0 Å². The summed E-state index contributed by atoms with van der Waals surface area (Å²) in [7, 11) is -2.65. The Balaban J connectivity index is 1.54. The lowest BCUT2D eigenvalue weighted by Gasteiger charge is -2.38. The van der Waals surface area contributed by atoms with E-state index in [0.29, 0.717) is 31.3 Å². The maximum Gasteiger partial charge on any atom is 0.501 e. The van der Waals surface area contributed by atoms with Crippen molar-refractivity contribution in [2.75, 3.05) is 13.2 Å². The van der Waals surface area contributed by atoms with Gasteiger partial charge in [0, 0.05) is 25.4 Å². The molecule has 0 bridgehead atoms. The average Bonchev–Trinajstić information content (AvgIpc) is 2.76. The number of ether oxygens (including phenoxy) is 1. The molecule has 0 saturated heterocycles. The molecule has 3 saturated carbocycles. The smallest absolute Gasteiger partial charge is 0.390 e. The fourth-order valence-corrected chi connectivity index (χ4v) is 8.63. The van der Waals surface area contributed by atoms with Gasteiger partial charge in [0.25, 0.3) is 0 Å². The topological polar surface area (TPSA) is 57.2 Å². The number of aliphatic hydroxyl groups excluding tert-OH is 1. The highest BCUT2D eigenvalue weighted by molar-refractivity contribution is 6.60. The van der Waals surface area contributed by atoms with E-state index in [4.69, 9.17) is 18.0 Å². The summed E-state index contributed by atoms with van der Waals surface area (Å²) in [5, 5.41) is 10.5. The van der Waals surface area contributed by atoms with Crippen molar-refractivity contribution in [2.45, 2.75) is 134 Å². The Morgan fingerprint density at radius 2 is 1.37 bits per heavy atom. The minimum Gasteiger partial charge on any atom is -0.390 e. The van der Waals surface area contributed by atoms with Crippen LogP contribution in [-0.2, 0) is 18.0 Å². The molecule has 6 heteroatoms. The maximum atomic E-state index is 10.5. The van der Waals surface area contributed by atoms with Gasteiger partial charge >= 0.3 is 8.80 Å². The SMILES string of the molecule is CCO[Si](CCC1CCC(O)C(OC2CCCCC2)C1)(OCC)OC1CCCCC1. The van der Waals surface area contributed by atoms with Crippen LogP contribution in [0.2, 0.25) is 6.04 Å². The zero-order valence-electron chi connectivity index (χ0n) is 19.5. The molecule has 0 aromatic carbocycles. The molecule has 3 aliphatic rings. The normalized spacial score (nSPS) is 29.9. The molecule has 1 N–H and O–H groups in total. The van der Waals surface area contributed by atoms with Crippen molar-refractivity contribution in [3.8, 4) is 0 Å². The molecule has 3 rings (SSSR count). The van der Waals surface area contributed by atoms with Crippen LogP contribution in [0.3, 0.4) is 0 Å². The predicted molar refractivity (Wildman–Crippen MR) is 121 cm³/mol. The van der Waals surface area contributed by atoms with Crippen molar-refractivity contribution in [2.24, 2.45) is 5.92 Å². The van der Waals surface area contributed by atoms with Crippen LogP contribution in [0, 0.1) is 5.92 Å². The molecule has 3 aliphatic carbocycles. The molecule has 0 heterocycles. The molecule has 3 atom stereocenters. The Morgan fingerprint density at radius 1 is 0.767 bits per heavy atom. The summed E-state index contributed by atoms with van der Waals surface area (Å²) in [5.41, 5.74) is 0. The summed E-state index contributed by atoms with van der Waals surface area (Å²) < 4.78 is 25.5. The second-order valence-electron chi connectivity index (χ2n) is 9.65. The molecule has 0 spiro atoms. The highest BCUT2D eigenvalue weighted by atomic mass is 28.4. The molecule has 3 unspecified atom stereocenters. The standard InChI is InChI=1S/C24H46O5Si/c1-3-26-30(27-4-2,29-22-13-9-6-10-14-22)18-17-20-15-16-23(25)24(19-20)28-21-11-7-5-8-12-21/h20-25H,3-19H2,1-2H3. The first-order valence-electron chi connectivity index (χ1n) is 12.9. The molecule has 0 aliphatic heterocycles. The van der Waals surface area contributed by atoms with Gasteiger partial charge in [-0.05, 0) is 71.1 Å². The third-order valence-electron chi connectivity index (χ3n) is 7.27. The van der Waals surface area contributed by atoms with Crippen LogP contribution in [0.5, 0.6) is 0 Å². The molecular weight excluding hydrogens is 396 g/mol. The fourth-order valence-electron chi connectivity index (χ4n) is 5.62. The second kappa shape index (κ2) is 12.9. The Hall–Kier alpha value is 0.0169. The summed E-state index contributed by atoms with van der Waals surface area (Å²) in [5.74, 6) is 0.560. The zero-order chi connectivity index (χ0) is 21.2. The third kappa shape index (κ3) is 7.56. The summed E-state index contributed by atoms with van der Waals surface area (Å²) >= 11 is 0. The van der Waals surface area contributed by atoms with E-state index in [-0.39, 0.29) is 12.2 Å². The quantitative estimate of drug-likeness (QED) is 0.421.